The molecule has 1 fully saturated rings. The Hall–Kier alpha value is -2.02. The highest BCUT2D eigenvalue weighted by atomic mass is 19.3. The lowest BCUT2D eigenvalue weighted by atomic mass is 10.1. The highest BCUT2D eigenvalue weighted by Crippen LogP contribution is 2.30. The minimum absolute atomic E-state index is 0.149. The van der Waals surface area contributed by atoms with E-state index in [4.69, 9.17) is 9.15 Å². The number of aromatic nitrogens is 1. The number of alkyl halides is 2. The van der Waals surface area contributed by atoms with Gasteiger partial charge in [0.15, 0.2) is 0 Å². The molecule has 0 unspecified atom stereocenters. The van der Waals surface area contributed by atoms with Gasteiger partial charge in [0, 0.05) is 38.5 Å². The van der Waals surface area contributed by atoms with Gasteiger partial charge in [0.25, 0.3) is 5.92 Å². The van der Waals surface area contributed by atoms with Gasteiger partial charge in [0.05, 0.1) is 18.4 Å². The fourth-order valence-corrected chi connectivity index (χ4v) is 2.74. The quantitative estimate of drug-likeness (QED) is 0.842. The second-order valence-corrected chi connectivity index (χ2v) is 6.00. The smallest absolute Gasteiger partial charge is 0.250 e. The van der Waals surface area contributed by atoms with E-state index in [9.17, 15) is 13.2 Å². The molecule has 0 spiro atoms. The highest BCUT2D eigenvalue weighted by molar-refractivity contribution is 5.56. The van der Waals surface area contributed by atoms with Crippen LogP contribution in [0.3, 0.4) is 0 Å². The standard InChI is InChI=1S/C17H19F3N2O2/c1-11-15(10-22-7-5-17(19,20)6-8-22)21-16(24-11)13-4-3-12(23-2)9-14(13)18/h3-4,9H,5-8,10H2,1-2H3. The maximum absolute atomic E-state index is 14.1. The van der Waals surface area contributed by atoms with Crippen molar-refractivity contribution in [1.29, 1.82) is 0 Å². The van der Waals surface area contributed by atoms with Gasteiger partial charge in [-0.15, -0.1) is 0 Å². The molecule has 0 N–H and O–H groups in total. The minimum atomic E-state index is -2.58. The molecule has 3 rings (SSSR count). The lowest BCUT2D eigenvalue weighted by Crippen LogP contribution is -2.39. The second kappa shape index (κ2) is 6.47. The Morgan fingerprint density at radius 1 is 1.29 bits per heavy atom. The average Bonchev–Trinajstić information content (AvgIpc) is 2.90. The fourth-order valence-electron chi connectivity index (χ4n) is 2.74. The Bertz CT molecular complexity index is 721. The van der Waals surface area contributed by atoms with E-state index < -0.39 is 11.7 Å². The van der Waals surface area contributed by atoms with Crippen LogP contribution in [0, 0.1) is 12.7 Å². The van der Waals surface area contributed by atoms with Gasteiger partial charge in [-0.1, -0.05) is 0 Å². The summed E-state index contributed by atoms with van der Waals surface area (Å²) < 4.78 is 51.1. The van der Waals surface area contributed by atoms with E-state index >= 15 is 0 Å². The number of benzene rings is 1. The Morgan fingerprint density at radius 3 is 2.62 bits per heavy atom. The van der Waals surface area contributed by atoms with Crippen LogP contribution in [-0.2, 0) is 6.54 Å². The van der Waals surface area contributed by atoms with E-state index in [-0.39, 0.29) is 24.3 Å². The number of ether oxygens (including phenoxy) is 1. The molecule has 0 saturated carbocycles. The predicted octanol–water partition coefficient (Wildman–Crippen LogP) is 4.03. The SMILES string of the molecule is COc1ccc(-c2nc(CN3CCC(F)(F)CC3)c(C)o2)c(F)c1. The Morgan fingerprint density at radius 2 is 2.00 bits per heavy atom. The topological polar surface area (TPSA) is 38.5 Å². The summed E-state index contributed by atoms with van der Waals surface area (Å²) in [6.45, 7) is 2.78. The molecule has 1 aromatic heterocycles. The van der Waals surface area contributed by atoms with Gasteiger partial charge in [-0.3, -0.25) is 4.90 Å². The summed E-state index contributed by atoms with van der Waals surface area (Å²) in [6.07, 6.45) is -0.298. The molecule has 24 heavy (non-hydrogen) atoms. The zero-order valence-corrected chi connectivity index (χ0v) is 13.6. The lowest BCUT2D eigenvalue weighted by molar-refractivity contribution is -0.0568. The summed E-state index contributed by atoms with van der Waals surface area (Å²) in [5.74, 6) is -1.90. The van der Waals surface area contributed by atoms with Gasteiger partial charge < -0.3 is 9.15 Å². The van der Waals surface area contributed by atoms with Crippen molar-refractivity contribution in [3.63, 3.8) is 0 Å². The van der Waals surface area contributed by atoms with Gasteiger partial charge in [-0.05, 0) is 19.1 Å². The van der Waals surface area contributed by atoms with Crippen LogP contribution in [0.1, 0.15) is 24.3 Å². The molecule has 1 saturated heterocycles. The van der Waals surface area contributed by atoms with Crippen LogP contribution in [0.4, 0.5) is 13.2 Å². The Kier molecular flexibility index (Phi) is 4.54. The van der Waals surface area contributed by atoms with Crippen molar-refractivity contribution in [2.24, 2.45) is 0 Å². The van der Waals surface area contributed by atoms with E-state index in [0.29, 0.717) is 36.8 Å². The van der Waals surface area contributed by atoms with Gasteiger partial charge >= 0.3 is 0 Å². The molecule has 1 aliphatic rings. The van der Waals surface area contributed by atoms with Crippen molar-refractivity contribution in [3.8, 4) is 17.2 Å². The molecule has 7 heteroatoms. The van der Waals surface area contributed by atoms with Crippen LogP contribution in [0.25, 0.3) is 11.5 Å². The van der Waals surface area contributed by atoms with Gasteiger partial charge in [-0.25, -0.2) is 18.2 Å². The normalized spacial score (nSPS) is 17.9. The Balaban J connectivity index is 1.76. The maximum atomic E-state index is 14.1. The summed E-state index contributed by atoms with van der Waals surface area (Å²) >= 11 is 0. The highest BCUT2D eigenvalue weighted by Gasteiger charge is 2.34. The van der Waals surface area contributed by atoms with Crippen LogP contribution < -0.4 is 4.74 Å². The maximum Gasteiger partial charge on any atom is 0.250 e. The van der Waals surface area contributed by atoms with Crippen LogP contribution in [-0.4, -0.2) is 36.0 Å². The number of nitrogens with zero attached hydrogens (tertiary/aromatic N) is 2. The molecule has 130 valence electrons. The third-order valence-corrected chi connectivity index (χ3v) is 4.26. The third-order valence-electron chi connectivity index (χ3n) is 4.26. The van der Waals surface area contributed by atoms with E-state index in [2.05, 4.69) is 4.98 Å². The zero-order valence-electron chi connectivity index (χ0n) is 13.6. The number of rotatable bonds is 4. The first-order valence-corrected chi connectivity index (χ1v) is 7.78. The molecule has 0 radical (unpaired) electrons. The third kappa shape index (κ3) is 3.56. The van der Waals surface area contributed by atoms with Crippen LogP contribution in [0.5, 0.6) is 5.75 Å². The van der Waals surface area contributed by atoms with Crippen LogP contribution in [0.2, 0.25) is 0 Å². The molecule has 0 bridgehead atoms. The van der Waals surface area contributed by atoms with Crippen molar-refractivity contribution in [1.82, 2.24) is 9.88 Å². The van der Waals surface area contributed by atoms with Gasteiger partial charge in [-0.2, -0.15) is 0 Å². The summed E-state index contributed by atoms with van der Waals surface area (Å²) in [5, 5.41) is 0. The molecule has 1 aromatic carbocycles. The molecular formula is C17H19F3N2O2. The summed E-state index contributed by atoms with van der Waals surface area (Å²) in [6, 6.07) is 4.44. The first kappa shape index (κ1) is 16.8. The number of likely N-dealkylation sites (tertiary alicyclic amines) is 1. The first-order valence-electron chi connectivity index (χ1n) is 7.78. The number of hydrogen-bond donors (Lipinski definition) is 0. The van der Waals surface area contributed by atoms with Crippen molar-refractivity contribution < 1.29 is 22.3 Å². The van der Waals surface area contributed by atoms with Crippen molar-refractivity contribution >= 4 is 0 Å². The van der Waals surface area contributed by atoms with Gasteiger partial charge in [0.2, 0.25) is 5.89 Å². The average molecular weight is 340 g/mol. The van der Waals surface area contributed by atoms with Gasteiger partial charge in [0.1, 0.15) is 17.3 Å². The fraction of sp³-hybridized carbons (Fsp3) is 0.471. The van der Waals surface area contributed by atoms with Crippen LogP contribution >= 0.6 is 0 Å². The molecule has 0 aliphatic carbocycles. The molecule has 2 heterocycles. The predicted molar refractivity (Wildman–Crippen MR) is 82.6 cm³/mol. The number of methoxy groups -OCH3 is 1. The molecular weight excluding hydrogens is 321 g/mol. The molecule has 2 aromatic rings. The summed E-state index contributed by atoms with van der Waals surface area (Å²) in [4.78, 5) is 6.26. The number of aryl methyl sites for hydroxylation is 1. The number of oxazole rings is 1. The van der Waals surface area contributed by atoms with E-state index in [1.165, 1.54) is 13.2 Å². The molecule has 0 atom stereocenters. The second-order valence-electron chi connectivity index (χ2n) is 6.00. The molecule has 1 aliphatic heterocycles. The minimum Gasteiger partial charge on any atom is -0.497 e. The van der Waals surface area contributed by atoms with E-state index in [0.717, 1.165) is 0 Å². The number of piperidine rings is 1. The summed E-state index contributed by atoms with van der Waals surface area (Å²) in [7, 11) is 1.46. The number of hydrogen-bond acceptors (Lipinski definition) is 4. The number of halogens is 3. The van der Waals surface area contributed by atoms with E-state index in [1.807, 2.05) is 4.90 Å². The van der Waals surface area contributed by atoms with Crippen molar-refractivity contribution in [2.45, 2.75) is 32.2 Å². The van der Waals surface area contributed by atoms with Crippen molar-refractivity contribution in [3.05, 3.63) is 35.5 Å². The summed E-state index contributed by atoms with van der Waals surface area (Å²) in [5.41, 5.74) is 0.890. The van der Waals surface area contributed by atoms with Crippen molar-refractivity contribution in [2.75, 3.05) is 20.2 Å². The first-order chi connectivity index (χ1) is 11.4. The molecule has 4 nitrogen and oxygen atoms in total. The largest absolute Gasteiger partial charge is 0.497 e. The van der Waals surface area contributed by atoms with Crippen LogP contribution in [0.15, 0.2) is 22.6 Å². The Labute approximate surface area is 138 Å². The van der Waals surface area contributed by atoms with E-state index in [1.54, 1.807) is 19.1 Å². The zero-order chi connectivity index (χ0) is 17.3. The molecule has 0 amide bonds. The monoisotopic (exact) mass is 340 g/mol. The lowest BCUT2D eigenvalue weighted by Gasteiger charge is -2.31.